The van der Waals surface area contributed by atoms with E-state index in [1.54, 1.807) is 18.2 Å². The highest BCUT2D eigenvalue weighted by atomic mass is 16.5. The molecule has 1 spiro atoms. The number of para-hydroxylation sites is 1. The second kappa shape index (κ2) is 8.97. The molecule has 2 aromatic rings. The van der Waals surface area contributed by atoms with E-state index < -0.39 is 11.3 Å². The quantitative estimate of drug-likeness (QED) is 0.695. The van der Waals surface area contributed by atoms with Crippen molar-refractivity contribution in [3.63, 3.8) is 0 Å². The maximum atomic E-state index is 13.2. The Morgan fingerprint density at radius 1 is 1.03 bits per heavy atom. The fourth-order valence-electron chi connectivity index (χ4n) is 5.47. The molecule has 0 atom stereocenters. The molecular formula is C27H34N2O3. The van der Waals surface area contributed by atoms with E-state index >= 15 is 0 Å². The number of primary amides is 1. The molecule has 2 N–H and O–H groups in total. The van der Waals surface area contributed by atoms with Crippen LogP contribution in [-0.2, 0) is 10.2 Å². The van der Waals surface area contributed by atoms with Crippen LogP contribution in [0.2, 0.25) is 0 Å². The van der Waals surface area contributed by atoms with Crippen molar-refractivity contribution in [3.05, 3.63) is 65.7 Å². The first-order chi connectivity index (χ1) is 15.3. The molecule has 5 nitrogen and oxygen atoms in total. The van der Waals surface area contributed by atoms with Crippen LogP contribution in [0, 0.1) is 11.3 Å². The number of likely N-dealkylation sites (tertiary alicyclic amines) is 1. The second-order valence-corrected chi connectivity index (χ2v) is 10.1. The predicted molar refractivity (Wildman–Crippen MR) is 126 cm³/mol. The maximum Gasteiger partial charge on any atom is 0.252 e. The molecule has 1 heterocycles. The van der Waals surface area contributed by atoms with Crippen molar-refractivity contribution in [2.45, 2.75) is 51.4 Å². The summed E-state index contributed by atoms with van der Waals surface area (Å²) in [6, 6.07) is 17.2. The van der Waals surface area contributed by atoms with Crippen molar-refractivity contribution in [1.29, 1.82) is 0 Å². The van der Waals surface area contributed by atoms with E-state index in [9.17, 15) is 9.59 Å². The standard InChI is InChI=1S/C27H34N2O3/c1-26(2,21-8-4-3-5-9-21)25(31)29-15-13-27(14-16-29)18-20(19-27)12-17-32-23-11-7-6-10-22(23)24(28)30/h3-11,20H,12-19H2,1-2H3,(H2,28,30). The topological polar surface area (TPSA) is 72.6 Å². The molecule has 5 heteroatoms. The number of carbonyl (C=O) groups excluding carboxylic acids is 2. The van der Waals surface area contributed by atoms with Gasteiger partial charge in [0.25, 0.3) is 5.91 Å². The van der Waals surface area contributed by atoms with E-state index in [0.717, 1.165) is 37.9 Å². The molecule has 1 aliphatic heterocycles. The van der Waals surface area contributed by atoms with Crippen molar-refractivity contribution >= 4 is 11.8 Å². The summed E-state index contributed by atoms with van der Waals surface area (Å²) in [4.78, 5) is 26.8. The Hall–Kier alpha value is -2.82. The number of nitrogens with two attached hydrogens (primary N) is 1. The third kappa shape index (κ3) is 4.52. The lowest BCUT2D eigenvalue weighted by Crippen LogP contribution is -2.52. The van der Waals surface area contributed by atoms with Gasteiger partial charge in [-0.3, -0.25) is 9.59 Å². The number of nitrogens with zero attached hydrogens (tertiary/aromatic N) is 1. The molecule has 1 saturated heterocycles. The minimum Gasteiger partial charge on any atom is -0.493 e. The molecule has 170 valence electrons. The number of ether oxygens (including phenoxy) is 1. The van der Waals surface area contributed by atoms with Gasteiger partial charge in [0.1, 0.15) is 5.75 Å². The van der Waals surface area contributed by atoms with Gasteiger partial charge in [0.05, 0.1) is 17.6 Å². The third-order valence-corrected chi connectivity index (χ3v) is 7.52. The van der Waals surface area contributed by atoms with Crippen molar-refractivity contribution in [2.24, 2.45) is 17.1 Å². The number of piperidine rings is 1. The third-order valence-electron chi connectivity index (χ3n) is 7.52. The highest BCUT2D eigenvalue weighted by molar-refractivity contribution is 5.95. The first-order valence-corrected chi connectivity index (χ1v) is 11.7. The van der Waals surface area contributed by atoms with Crippen LogP contribution in [0.15, 0.2) is 54.6 Å². The average molecular weight is 435 g/mol. The summed E-state index contributed by atoms with van der Waals surface area (Å²) in [5.41, 5.74) is 6.83. The lowest BCUT2D eigenvalue weighted by Gasteiger charge is -2.53. The first kappa shape index (κ1) is 22.4. The Bertz CT molecular complexity index is 954. The Morgan fingerprint density at radius 2 is 1.66 bits per heavy atom. The van der Waals surface area contributed by atoms with Gasteiger partial charge in [-0.05, 0) is 75.0 Å². The summed E-state index contributed by atoms with van der Waals surface area (Å²) < 4.78 is 5.85. The molecule has 2 aromatic carbocycles. The molecule has 1 aliphatic carbocycles. The van der Waals surface area contributed by atoms with Crippen molar-refractivity contribution in [2.75, 3.05) is 19.7 Å². The SMILES string of the molecule is CC(C)(C(=O)N1CCC2(CC1)CC(CCOc1ccccc1C(N)=O)C2)c1ccccc1. The largest absolute Gasteiger partial charge is 0.493 e. The van der Waals surface area contributed by atoms with Crippen LogP contribution in [0.5, 0.6) is 5.75 Å². The molecule has 2 amide bonds. The summed E-state index contributed by atoms with van der Waals surface area (Å²) in [7, 11) is 0. The van der Waals surface area contributed by atoms with E-state index in [2.05, 4.69) is 4.90 Å². The predicted octanol–water partition coefficient (Wildman–Crippen LogP) is 4.55. The first-order valence-electron chi connectivity index (χ1n) is 11.7. The van der Waals surface area contributed by atoms with Crippen LogP contribution >= 0.6 is 0 Å². The number of rotatable bonds is 7. The smallest absolute Gasteiger partial charge is 0.252 e. The highest BCUT2D eigenvalue weighted by Crippen LogP contribution is 2.53. The average Bonchev–Trinajstić information content (AvgIpc) is 2.78. The molecule has 1 saturated carbocycles. The van der Waals surface area contributed by atoms with Crippen LogP contribution in [0.25, 0.3) is 0 Å². The van der Waals surface area contributed by atoms with Gasteiger partial charge in [0.2, 0.25) is 5.91 Å². The molecule has 0 bridgehead atoms. The number of hydrogen-bond acceptors (Lipinski definition) is 3. The van der Waals surface area contributed by atoms with Gasteiger partial charge < -0.3 is 15.4 Å². The van der Waals surface area contributed by atoms with Gasteiger partial charge in [0, 0.05) is 13.1 Å². The van der Waals surface area contributed by atoms with E-state index in [-0.39, 0.29) is 5.91 Å². The minimum absolute atomic E-state index is 0.232. The summed E-state index contributed by atoms with van der Waals surface area (Å²) in [6.45, 7) is 6.37. The summed E-state index contributed by atoms with van der Waals surface area (Å²) in [5.74, 6) is 0.997. The molecule has 32 heavy (non-hydrogen) atoms. The van der Waals surface area contributed by atoms with Crippen molar-refractivity contribution in [1.82, 2.24) is 4.90 Å². The molecule has 0 aromatic heterocycles. The van der Waals surface area contributed by atoms with Gasteiger partial charge >= 0.3 is 0 Å². The van der Waals surface area contributed by atoms with Gasteiger partial charge in [-0.15, -0.1) is 0 Å². The molecule has 0 radical (unpaired) electrons. The highest BCUT2D eigenvalue weighted by Gasteiger charge is 2.47. The number of carbonyl (C=O) groups is 2. The number of hydrogen-bond donors (Lipinski definition) is 1. The summed E-state index contributed by atoms with van der Waals surface area (Å²) >= 11 is 0. The molecule has 0 unspecified atom stereocenters. The Kier molecular flexibility index (Phi) is 6.27. The van der Waals surface area contributed by atoms with Crippen molar-refractivity contribution < 1.29 is 14.3 Å². The van der Waals surface area contributed by atoms with Gasteiger partial charge in [-0.1, -0.05) is 42.5 Å². The maximum absolute atomic E-state index is 13.2. The molecule has 4 rings (SSSR count). The zero-order chi connectivity index (χ0) is 22.8. The van der Waals surface area contributed by atoms with Crippen LogP contribution in [-0.4, -0.2) is 36.4 Å². The normalized spacial score (nSPS) is 18.2. The Balaban J connectivity index is 1.23. The van der Waals surface area contributed by atoms with Crippen LogP contribution in [0.4, 0.5) is 0 Å². The minimum atomic E-state index is -0.494. The lowest BCUT2D eigenvalue weighted by molar-refractivity contribution is -0.140. The van der Waals surface area contributed by atoms with E-state index in [1.165, 1.54) is 12.8 Å². The molecular weight excluding hydrogens is 400 g/mol. The number of benzene rings is 2. The molecule has 2 fully saturated rings. The summed E-state index contributed by atoms with van der Waals surface area (Å²) in [5, 5.41) is 0. The Labute approximate surface area is 190 Å². The fourth-order valence-corrected chi connectivity index (χ4v) is 5.47. The fraction of sp³-hybridized carbons (Fsp3) is 0.481. The van der Waals surface area contributed by atoms with Gasteiger partial charge in [-0.25, -0.2) is 0 Å². The van der Waals surface area contributed by atoms with Gasteiger partial charge in [0.15, 0.2) is 0 Å². The number of amides is 2. The van der Waals surface area contributed by atoms with Crippen LogP contribution in [0.1, 0.15) is 61.9 Å². The summed E-state index contributed by atoms with van der Waals surface area (Å²) in [6.07, 6.45) is 5.57. The van der Waals surface area contributed by atoms with Crippen LogP contribution < -0.4 is 10.5 Å². The zero-order valence-electron chi connectivity index (χ0n) is 19.2. The lowest BCUT2D eigenvalue weighted by atomic mass is 9.57. The van der Waals surface area contributed by atoms with Crippen LogP contribution in [0.3, 0.4) is 0 Å². The van der Waals surface area contributed by atoms with E-state index in [0.29, 0.717) is 29.3 Å². The Morgan fingerprint density at radius 3 is 2.31 bits per heavy atom. The zero-order valence-corrected chi connectivity index (χ0v) is 19.2. The van der Waals surface area contributed by atoms with Gasteiger partial charge in [-0.2, -0.15) is 0 Å². The second-order valence-electron chi connectivity index (χ2n) is 10.1. The monoisotopic (exact) mass is 434 g/mol. The van der Waals surface area contributed by atoms with E-state index in [4.69, 9.17) is 10.5 Å². The molecule has 2 aliphatic rings. The van der Waals surface area contributed by atoms with E-state index in [1.807, 2.05) is 50.2 Å². The van der Waals surface area contributed by atoms with Crippen molar-refractivity contribution in [3.8, 4) is 5.75 Å².